The summed E-state index contributed by atoms with van der Waals surface area (Å²) in [6.07, 6.45) is 44.1. The van der Waals surface area contributed by atoms with Crippen LogP contribution in [0.5, 0.6) is 0 Å². The third-order valence-electron chi connectivity index (χ3n) is 7.09. The van der Waals surface area contributed by atoms with Crippen LogP contribution in [0.4, 0.5) is 0 Å². The van der Waals surface area contributed by atoms with Crippen molar-refractivity contribution < 1.29 is 37.9 Å². The topological polar surface area (TPSA) is 131 Å². The normalized spacial score (nSPS) is 14.4. The van der Waals surface area contributed by atoms with E-state index in [-0.39, 0.29) is 32.1 Å². The van der Waals surface area contributed by atoms with Gasteiger partial charge in [0.05, 0.1) is 13.2 Å². The van der Waals surface area contributed by atoms with Gasteiger partial charge in [0.15, 0.2) is 0 Å². The largest absolute Gasteiger partial charge is 0.472 e. The Bertz CT molecular complexity index is 1090. The van der Waals surface area contributed by atoms with E-state index in [9.17, 15) is 24.2 Å². The van der Waals surface area contributed by atoms with Gasteiger partial charge < -0.3 is 20.1 Å². The molecule has 0 aromatic carbocycles. The molecule has 0 saturated carbocycles. The number of aliphatic hydroxyl groups excluding tert-OH is 1. The van der Waals surface area contributed by atoms with E-state index in [1.165, 1.54) is 19.3 Å². The zero-order valence-corrected chi connectivity index (χ0v) is 31.7. The van der Waals surface area contributed by atoms with Crippen LogP contribution in [-0.2, 0) is 27.9 Å². The van der Waals surface area contributed by atoms with E-state index >= 15 is 0 Å². The Morgan fingerprint density at radius 1 is 0.640 bits per heavy atom. The van der Waals surface area contributed by atoms with Crippen molar-refractivity contribution in [2.75, 3.05) is 26.4 Å². The van der Waals surface area contributed by atoms with Gasteiger partial charge in [-0.25, -0.2) is 4.57 Å². The van der Waals surface area contributed by atoms with Crippen molar-refractivity contribution in [2.24, 2.45) is 0 Å². The number of carbonyl (C=O) groups excluding carboxylic acids is 2. The molecule has 0 bridgehead atoms. The van der Waals surface area contributed by atoms with Gasteiger partial charge in [0, 0.05) is 19.4 Å². The Balaban J connectivity index is 3.77. The molecule has 0 aromatic rings. The number of phosphoric ester groups is 1. The highest BCUT2D eigenvalue weighted by Gasteiger charge is 2.23. The minimum atomic E-state index is -4.42. The fourth-order valence-electron chi connectivity index (χ4n) is 4.31. The van der Waals surface area contributed by atoms with Gasteiger partial charge in [0.25, 0.3) is 0 Å². The monoisotopic (exact) mass is 719 g/mol. The Hall–Kier alpha value is -2.81. The lowest BCUT2D eigenvalue weighted by Crippen LogP contribution is -2.27. The molecule has 0 rings (SSSR count). The zero-order valence-electron chi connectivity index (χ0n) is 30.8. The molecule has 0 heterocycles. The summed E-state index contributed by atoms with van der Waals surface area (Å²) < 4.78 is 26.6. The summed E-state index contributed by atoms with van der Waals surface area (Å²) in [6.45, 7) is 3.26. The summed E-state index contributed by atoms with van der Waals surface area (Å²) in [5.41, 5.74) is 0. The third-order valence-corrected chi connectivity index (χ3v) is 8.07. The van der Waals surface area contributed by atoms with Crippen LogP contribution < -0.4 is 5.32 Å². The van der Waals surface area contributed by atoms with E-state index in [0.29, 0.717) is 12.8 Å². The number of carbonyl (C=O) groups is 2. The van der Waals surface area contributed by atoms with Crippen molar-refractivity contribution in [2.45, 2.75) is 129 Å². The van der Waals surface area contributed by atoms with Gasteiger partial charge in [-0.15, -0.1) is 0 Å². The number of phosphoric acid groups is 1. The molecule has 3 N–H and O–H groups in total. The first-order valence-electron chi connectivity index (χ1n) is 18.6. The van der Waals surface area contributed by atoms with Crippen molar-refractivity contribution in [1.82, 2.24) is 5.32 Å². The van der Waals surface area contributed by atoms with Crippen molar-refractivity contribution >= 4 is 19.7 Å². The van der Waals surface area contributed by atoms with E-state index in [1.807, 2.05) is 6.08 Å². The fraction of sp³-hybridized carbons (Fsp3) is 0.600. The van der Waals surface area contributed by atoms with Crippen LogP contribution in [0.25, 0.3) is 0 Å². The smallest absolute Gasteiger partial charge is 0.463 e. The number of allylic oxidation sites excluding steroid dienone is 14. The second kappa shape index (κ2) is 36.0. The molecule has 50 heavy (non-hydrogen) atoms. The fourth-order valence-corrected chi connectivity index (χ4v) is 5.06. The highest BCUT2D eigenvalue weighted by molar-refractivity contribution is 7.47. The maximum Gasteiger partial charge on any atom is 0.472 e. The van der Waals surface area contributed by atoms with Crippen LogP contribution in [0.1, 0.15) is 123 Å². The van der Waals surface area contributed by atoms with E-state index in [0.717, 1.165) is 70.6 Å². The van der Waals surface area contributed by atoms with Gasteiger partial charge in [-0.05, 0) is 64.2 Å². The standard InChI is InChI=1S/C40H66NO8P/c1-3-5-7-9-11-12-13-14-15-16-17-18-19-20-21-22-23-24-25-26-27-29-31-33-40(44)47-36-38(42)37-49-50(45,46)48-35-34-41-39(43)32-30-28-10-8-6-4-2/h5,7,11-12,14-15,17-18,20-21,23-24,26-27,38,42H,3-4,6,8-10,13,16,19,22,25,28-37H2,1-2H3,(H,41,43)(H,45,46)/b7-5-,12-11-,15-14-,18-17-,21-20-,24-23-,27-26-. The van der Waals surface area contributed by atoms with Gasteiger partial charge in [-0.3, -0.25) is 18.6 Å². The molecule has 1 amide bonds. The summed E-state index contributed by atoms with van der Waals surface area (Å²) in [6, 6.07) is 0. The number of hydrogen-bond donors (Lipinski definition) is 3. The Morgan fingerprint density at radius 2 is 1.14 bits per heavy atom. The van der Waals surface area contributed by atoms with Crippen LogP contribution in [0.3, 0.4) is 0 Å². The van der Waals surface area contributed by atoms with Crippen LogP contribution in [0.15, 0.2) is 85.1 Å². The van der Waals surface area contributed by atoms with E-state index in [1.54, 1.807) is 0 Å². The molecule has 0 aliphatic heterocycles. The lowest BCUT2D eigenvalue weighted by molar-refractivity contribution is -0.147. The Labute approximate surface area is 302 Å². The van der Waals surface area contributed by atoms with Gasteiger partial charge in [-0.2, -0.15) is 0 Å². The molecule has 9 nitrogen and oxygen atoms in total. The minimum Gasteiger partial charge on any atom is -0.463 e. The molecular weight excluding hydrogens is 653 g/mol. The highest BCUT2D eigenvalue weighted by atomic mass is 31.2. The number of unbranched alkanes of at least 4 members (excludes halogenated alkanes) is 6. The SMILES string of the molecule is CC/C=C\C/C=C\C/C=C\C/C=C\C/C=C\C/C=C\C/C=C\CCCC(=O)OCC(O)COP(=O)(O)OCCNC(=O)CCCCCCCC. The predicted octanol–water partition coefficient (Wildman–Crippen LogP) is 9.71. The molecule has 0 aliphatic carbocycles. The average Bonchev–Trinajstić information content (AvgIpc) is 3.10. The van der Waals surface area contributed by atoms with Crippen LogP contribution in [0.2, 0.25) is 0 Å². The van der Waals surface area contributed by atoms with Crippen LogP contribution in [-0.4, -0.2) is 54.3 Å². The number of hydrogen-bond acceptors (Lipinski definition) is 7. The van der Waals surface area contributed by atoms with Crippen molar-refractivity contribution in [1.29, 1.82) is 0 Å². The molecule has 2 unspecified atom stereocenters. The average molecular weight is 720 g/mol. The van der Waals surface area contributed by atoms with Crippen LogP contribution in [0, 0.1) is 0 Å². The molecule has 0 aromatic heterocycles. The highest BCUT2D eigenvalue weighted by Crippen LogP contribution is 2.42. The van der Waals surface area contributed by atoms with E-state index < -0.39 is 26.5 Å². The van der Waals surface area contributed by atoms with E-state index in [4.69, 9.17) is 13.8 Å². The maximum atomic E-state index is 12.0. The molecule has 0 saturated heterocycles. The third kappa shape index (κ3) is 36.5. The van der Waals surface area contributed by atoms with Gasteiger partial charge >= 0.3 is 13.8 Å². The number of aliphatic hydroxyl groups is 1. The second-order valence-electron chi connectivity index (χ2n) is 11.8. The summed E-state index contributed by atoms with van der Waals surface area (Å²) in [5, 5.41) is 12.6. The van der Waals surface area contributed by atoms with Crippen molar-refractivity contribution in [3.05, 3.63) is 85.1 Å². The Kier molecular flexibility index (Phi) is 34.0. The minimum absolute atomic E-state index is 0.0699. The number of amides is 1. The van der Waals surface area contributed by atoms with Crippen molar-refractivity contribution in [3.63, 3.8) is 0 Å². The first kappa shape index (κ1) is 47.2. The van der Waals surface area contributed by atoms with Gasteiger partial charge in [-0.1, -0.05) is 131 Å². The number of rotatable bonds is 33. The summed E-state index contributed by atoms with van der Waals surface area (Å²) in [7, 11) is -4.42. The van der Waals surface area contributed by atoms with Gasteiger partial charge in [0.2, 0.25) is 5.91 Å². The summed E-state index contributed by atoms with van der Waals surface area (Å²) in [5.74, 6) is -0.596. The number of ether oxygens (including phenoxy) is 1. The predicted molar refractivity (Wildman–Crippen MR) is 206 cm³/mol. The molecule has 0 fully saturated rings. The molecule has 2 atom stereocenters. The first-order valence-corrected chi connectivity index (χ1v) is 20.1. The second-order valence-corrected chi connectivity index (χ2v) is 13.3. The summed E-state index contributed by atoms with van der Waals surface area (Å²) >= 11 is 0. The van der Waals surface area contributed by atoms with E-state index in [2.05, 4.69) is 98.2 Å². The molecule has 0 radical (unpaired) electrons. The van der Waals surface area contributed by atoms with Gasteiger partial charge in [0.1, 0.15) is 12.7 Å². The molecular formula is C40H66NO8P. The molecule has 0 spiro atoms. The zero-order chi connectivity index (χ0) is 36.8. The number of nitrogens with one attached hydrogen (secondary N) is 1. The lowest BCUT2D eigenvalue weighted by Gasteiger charge is -2.15. The maximum absolute atomic E-state index is 12.0. The summed E-state index contributed by atoms with van der Waals surface area (Å²) in [4.78, 5) is 33.5. The molecule has 284 valence electrons. The first-order chi connectivity index (χ1) is 24.3. The van der Waals surface area contributed by atoms with Crippen molar-refractivity contribution in [3.8, 4) is 0 Å². The molecule has 0 aliphatic rings. The number of esters is 1. The quantitative estimate of drug-likeness (QED) is 0.0265. The Morgan fingerprint density at radius 3 is 1.68 bits per heavy atom. The lowest BCUT2D eigenvalue weighted by atomic mass is 10.1. The molecule has 10 heteroatoms. The van der Waals surface area contributed by atoms with Crippen LogP contribution >= 0.6 is 7.82 Å².